The van der Waals surface area contributed by atoms with Crippen LogP contribution in [0.5, 0.6) is 5.75 Å². The van der Waals surface area contributed by atoms with E-state index in [0.717, 1.165) is 5.56 Å². The molecule has 2 aromatic rings. The van der Waals surface area contributed by atoms with Gasteiger partial charge in [0.1, 0.15) is 23.9 Å². The number of carbonyl (C=O) groups is 5. The molecule has 2 aromatic carbocycles. The second-order valence-corrected chi connectivity index (χ2v) is 9.86. The van der Waals surface area contributed by atoms with Crippen molar-refractivity contribution in [3.8, 4) is 5.75 Å². The molecule has 40 heavy (non-hydrogen) atoms. The molecular formula is C28H37N5O7. The van der Waals surface area contributed by atoms with Crippen molar-refractivity contribution < 1.29 is 34.2 Å². The maximum absolute atomic E-state index is 13.4. The van der Waals surface area contributed by atoms with Gasteiger partial charge in [0.05, 0.1) is 6.04 Å². The van der Waals surface area contributed by atoms with E-state index in [0.29, 0.717) is 5.56 Å². The number of carboxylic acid groups (broad SMARTS) is 1. The molecule has 0 aliphatic rings. The molecule has 4 atom stereocenters. The average molecular weight is 556 g/mol. The van der Waals surface area contributed by atoms with Crippen molar-refractivity contribution in [2.45, 2.75) is 63.7 Å². The van der Waals surface area contributed by atoms with Gasteiger partial charge in [-0.3, -0.25) is 19.2 Å². The van der Waals surface area contributed by atoms with Crippen LogP contribution in [0.3, 0.4) is 0 Å². The first-order chi connectivity index (χ1) is 18.9. The van der Waals surface area contributed by atoms with Gasteiger partial charge in [0.15, 0.2) is 0 Å². The lowest BCUT2D eigenvalue weighted by Gasteiger charge is -2.27. The lowest BCUT2D eigenvalue weighted by atomic mass is 9.99. The second-order valence-electron chi connectivity index (χ2n) is 9.86. The Morgan fingerprint density at radius 3 is 1.90 bits per heavy atom. The van der Waals surface area contributed by atoms with Gasteiger partial charge >= 0.3 is 5.97 Å². The normalized spacial score (nSPS) is 13.9. The molecule has 4 unspecified atom stereocenters. The maximum atomic E-state index is 13.4. The molecule has 12 nitrogen and oxygen atoms in total. The molecule has 0 aliphatic carbocycles. The molecule has 216 valence electrons. The molecule has 9 N–H and O–H groups in total. The van der Waals surface area contributed by atoms with Gasteiger partial charge in [0.2, 0.25) is 23.6 Å². The molecule has 12 heteroatoms. The number of carboxylic acids is 1. The first-order valence-electron chi connectivity index (χ1n) is 12.9. The van der Waals surface area contributed by atoms with Crippen LogP contribution in [0.1, 0.15) is 37.8 Å². The zero-order valence-corrected chi connectivity index (χ0v) is 22.5. The lowest BCUT2D eigenvalue weighted by Crippen LogP contribution is -2.59. The van der Waals surface area contributed by atoms with Crippen LogP contribution in [-0.2, 0) is 36.8 Å². The summed E-state index contributed by atoms with van der Waals surface area (Å²) in [6, 6.07) is 10.6. The first-order valence-corrected chi connectivity index (χ1v) is 12.9. The van der Waals surface area contributed by atoms with Gasteiger partial charge in [-0.2, -0.15) is 0 Å². The van der Waals surface area contributed by atoms with E-state index in [1.54, 1.807) is 26.0 Å². The van der Waals surface area contributed by atoms with Gasteiger partial charge in [-0.05, 0) is 42.0 Å². The molecule has 0 fully saturated rings. The summed E-state index contributed by atoms with van der Waals surface area (Å²) in [4.78, 5) is 62.0. The molecular weight excluding hydrogens is 518 g/mol. The van der Waals surface area contributed by atoms with Crippen LogP contribution in [0, 0.1) is 5.92 Å². The van der Waals surface area contributed by atoms with E-state index in [1.807, 2.05) is 30.3 Å². The quantitative estimate of drug-likeness (QED) is 0.158. The van der Waals surface area contributed by atoms with Gasteiger partial charge in [-0.25, -0.2) is 4.79 Å². The highest BCUT2D eigenvalue weighted by molar-refractivity contribution is 5.94. The standard InChI is InChI=1S/C28H37N5O7/c1-16(2)24(27(38)31-21(28(39)40)12-13-23(30)35)33-26(37)22(15-18-8-10-19(34)11-9-18)32-25(36)20(29)14-17-6-4-3-5-7-17/h3-11,16,20-22,24,34H,12-15,29H2,1-2H3,(H2,30,35)(H,31,38)(H,32,36)(H,33,37)(H,39,40). The topological polar surface area (TPSA) is 214 Å². The van der Waals surface area contributed by atoms with Crippen LogP contribution in [0.15, 0.2) is 54.6 Å². The smallest absolute Gasteiger partial charge is 0.326 e. The summed E-state index contributed by atoms with van der Waals surface area (Å²) >= 11 is 0. The maximum Gasteiger partial charge on any atom is 0.326 e. The number of hydrogen-bond acceptors (Lipinski definition) is 7. The summed E-state index contributed by atoms with van der Waals surface area (Å²) in [5, 5.41) is 26.6. The van der Waals surface area contributed by atoms with Crippen molar-refractivity contribution in [1.82, 2.24) is 16.0 Å². The third kappa shape index (κ3) is 10.4. The van der Waals surface area contributed by atoms with Crippen LogP contribution >= 0.6 is 0 Å². The Morgan fingerprint density at radius 2 is 1.35 bits per heavy atom. The number of amides is 4. The Labute approximate surface area is 232 Å². The van der Waals surface area contributed by atoms with Gasteiger partial charge in [-0.1, -0.05) is 56.3 Å². The van der Waals surface area contributed by atoms with Crippen LogP contribution in [-0.4, -0.2) is 64.0 Å². The van der Waals surface area contributed by atoms with Crippen LogP contribution in [0.4, 0.5) is 0 Å². The summed E-state index contributed by atoms with van der Waals surface area (Å²) in [5.41, 5.74) is 12.7. The Balaban J connectivity index is 2.20. The highest BCUT2D eigenvalue weighted by atomic mass is 16.4. The molecule has 0 radical (unpaired) electrons. The number of nitrogens with one attached hydrogen (secondary N) is 3. The van der Waals surface area contributed by atoms with E-state index in [4.69, 9.17) is 11.5 Å². The Hall–Kier alpha value is -4.45. The molecule has 0 bridgehead atoms. The Kier molecular flexibility index (Phi) is 12.1. The van der Waals surface area contributed by atoms with Crippen molar-refractivity contribution in [2.24, 2.45) is 17.4 Å². The van der Waals surface area contributed by atoms with Gasteiger partial charge in [0, 0.05) is 12.8 Å². The molecule has 0 aromatic heterocycles. The van der Waals surface area contributed by atoms with E-state index in [9.17, 15) is 34.2 Å². The van der Waals surface area contributed by atoms with Crippen molar-refractivity contribution in [2.75, 3.05) is 0 Å². The SMILES string of the molecule is CC(C)C(NC(=O)C(Cc1ccc(O)cc1)NC(=O)C(N)Cc1ccccc1)C(=O)NC(CCC(N)=O)C(=O)O. The molecule has 0 aliphatic heterocycles. The minimum atomic E-state index is -1.39. The zero-order chi connectivity index (χ0) is 29.8. The third-order valence-electron chi connectivity index (χ3n) is 6.19. The molecule has 2 rings (SSSR count). The Morgan fingerprint density at radius 1 is 0.775 bits per heavy atom. The number of primary amides is 1. The summed E-state index contributed by atoms with van der Waals surface area (Å²) < 4.78 is 0. The highest BCUT2D eigenvalue weighted by Crippen LogP contribution is 2.13. The van der Waals surface area contributed by atoms with Crippen LogP contribution in [0.25, 0.3) is 0 Å². The average Bonchev–Trinajstić information content (AvgIpc) is 2.90. The van der Waals surface area contributed by atoms with Crippen molar-refractivity contribution in [1.29, 1.82) is 0 Å². The Bertz CT molecular complexity index is 1170. The van der Waals surface area contributed by atoms with Crippen molar-refractivity contribution in [3.63, 3.8) is 0 Å². The number of phenolic OH excluding ortho intramolecular Hbond substituents is 1. The van der Waals surface area contributed by atoms with E-state index in [2.05, 4.69) is 16.0 Å². The van der Waals surface area contributed by atoms with Crippen molar-refractivity contribution >= 4 is 29.6 Å². The third-order valence-corrected chi connectivity index (χ3v) is 6.19. The van der Waals surface area contributed by atoms with E-state index >= 15 is 0 Å². The van der Waals surface area contributed by atoms with Gasteiger partial charge in [0.25, 0.3) is 0 Å². The highest BCUT2D eigenvalue weighted by Gasteiger charge is 2.32. The molecule has 0 saturated carbocycles. The van der Waals surface area contributed by atoms with Crippen molar-refractivity contribution in [3.05, 3.63) is 65.7 Å². The summed E-state index contributed by atoms with van der Waals surface area (Å²) in [7, 11) is 0. The van der Waals surface area contributed by atoms with Crippen LogP contribution in [0.2, 0.25) is 0 Å². The minimum absolute atomic E-state index is 0.0265. The van der Waals surface area contributed by atoms with Gasteiger partial charge in [-0.15, -0.1) is 0 Å². The largest absolute Gasteiger partial charge is 0.508 e. The lowest BCUT2D eigenvalue weighted by molar-refractivity contribution is -0.143. The number of phenols is 1. The number of rotatable bonds is 15. The van der Waals surface area contributed by atoms with Crippen LogP contribution < -0.4 is 27.4 Å². The molecule has 0 saturated heterocycles. The second kappa shape index (κ2) is 15.2. The summed E-state index contributed by atoms with van der Waals surface area (Å²) in [6.45, 7) is 3.32. The fourth-order valence-corrected chi connectivity index (χ4v) is 3.91. The predicted octanol–water partition coefficient (Wildman–Crippen LogP) is -0.0348. The molecule has 0 spiro atoms. The number of nitrogens with two attached hydrogens (primary N) is 2. The summed E-state index contributed by atoms with van der Waals surface area (Å²) in [6.07, 6.45) is -0.203. The number of aromatic hydroxyl groups is 1. The number of benzene rings is 2. The van der Waals surface area contributed by atoms with E-state index in [-0.39, 0.29) is 31.4 Å². The number of aliphatic carboxylic acids is 1. The number of hydrogen-bond donors (Lipinski definition) is 7. The van der Waals surface area contributed by atoms with E-state index < -0.39 is 59.7 Å². The fraction of sp³-hybridized carbons (Fsp3) is 0.393. The number of carbonyl (C=O) groups excluding carboxylic acids is 4. The van der Waals surface area contributed by atoms with Gasteiger partial charge < -0.3 is 37.6 Å². The predicted molar refractivity (Wildman–Crippen MR) is 147 cm³/mol. The zero-order valence-electron chi connectivity index (χ0n) is 22.5. The molecule has 0 heterocycles. The first kappa shape index (κ1) is 31.8. The fourth-order valence-electron chi connectivity index (χ4n) is 3.91. The van der Waals surface area contributed by atoms with E-state index in [1.165, 1.54) is 12.1 Å². The monoisotopic (exact) mass is 555 g/mol. The minimum Gasteiger partial charge on any atom is -0.508 e. The summed E-state index contributed by atoms with van der Waals surface area (Å²) in [5.74, 6) is -4.53. The molecule has 4 amide bonds.